The molecule has 0 fully saturated rings. The summed E-state index contributed by atoms with van der Waals surface area (Å²) in [5, 5.41) is 0. The van der Waals surface area contributed by atoms with Crippen molar-refractivity contribution in [2.75, 3.05) is 26.4 Å². The van der Waals surface area contributed by atoms with Gasteiger partial charge in [0.25, 0.3) is 0 Å². The highest BCUT2D eigenvalue weighted by Gasteiger charge is 2.04. The van der Waals surface area contributed by atoms with Gasteiger partial charge in [-0.05, 0) is 48.5 Å². The summed E-state index contributed by atoms with van der Waals surface area (Å²) in [6, 6.07) is 14.3. The highest BCUT2D eigenvalue weighted by molar-refractivity contribution is 5.96. The van der Waals surface area contributed by atoms with Crippen molar-refractivity contribution in [3.05, 3.63) is 59.7 Å². The van der Waals surface area contributed by atoms with Crippen molar-refractivity contribution in [1.82, 2.24) is 0 Å². The highest BCUT2D eigenvalue weighted by atomic mass is 16.5. The second-order valence-corrected chi connectivity index (χ2v) is 5.91. The first kappa shape index (κ1) is 20.6. The first-order valence-corrected chi connectivity index (χ1v) is 9.24. The maximum absolute atomic E-state index is 11.6. The fraction of sp³-hybridized carbons (Fsp3) is 0.364. The molecule has 0 atom stereocenters. The average molecular weight is 370 g/mol. The molecular formula is C22H26O5. The molecule has 0 N–H and O–H groups in total. The molecule has 0 amide bonds. The molecule has 0 aliphatic carbocycles. The summed E-state index contributed by atoms with van der Waals surface area (Å²) in [7, 11) is 0. The zero-order chi connectivity index (χ0) is 19.5. The molecule has 5 heteroatoms. The van der Waals surface area contributed by atoms with Gasteiger partial charge in [0.05, 0.1) is 13.2 Å². The third-order valence-corrected chi connectivity index (χ3v) is 3.99. The van der Waals surface area contributed by atoms with E-state index in [0.717, 1.165) is 0 Å². The Kier molecular flexibility index (Phi) is 8.52. The minimum atomic E-state index is 0.122. The largest absolute Gasteiger partial charge is 0.491 e. The maximum Gasteiger partial charge on any atom is 0.162 e. The average Bonchev–Trinajstić information content (AvgIpc) is 2.72. The maximum atomic E-state index is 11.6. The normalized spacial score (nSPS) is 10.4. The van der Waals surface area contributed by atoms with Gasteiger partial charge >= 0.3 is 0 Å². The van der Waals surface area contributed by atoms with Crippen molar-refractivity contribution in [3.63, 3.8) is 0 Å². The van der Waals surface area contributed by atoms with Gasteiger partial charge in [-0.25, -0.2) is 0 Å². The number of rotatable bonds is 12. The Morgan fingerprint density at radius 1 is 0.630 bits per heavy atom. The predicted octanol–water partition coefficient (Wildman–Crippen LogP) is 4.35. The van der Waals surface area contributed by atoms with Crippen molar-refractivity contribution in [3.8, 4) is 11.5 Å². The Hall–Kier alpha value is -2.66. The molecule has 0 bridgehead atoms. The Morgan fingerprint density at radius 2 is 1.00 bits per heavy atom. The standard InChI is InChI=1S/C22H26O5/c1-3-21(23)17-5-9-19(10-6-17)26-15-13-25-14-16-27-20-11-7-18(8-12-20)22(24)4-2/h5-12H,3-4,13-16H2,1-2H3. The second kappa shape index (κ2) is 11.1. The van der Waals surface area contributed by atoms with Crippen LogP contribution in [0.1, 0.15) is 47.4 Å². The number of Topliss-reactive ketones (excluding diaryl/α,β-unsaturated/α-hetero) is 2. The van der Waals surface area contributed by atoms with Crippen molar-refractivity contribution in [2.24, 2.45) is 0 Å². The Morgan fingerprint density at radius 3 is 1.33 bits per heavy atom. The van der Waals surface area contributed by atoms with Crippen LogP contribution in [0.4, 0.5) is 0 Å². The van der Waals surface area contributed by atoms with E-state index in [4.69, 9.17) is 14.2 Å². The molecule has 0 saturated heterocycles. The molecule has 0 aliphatic heterocycles. The quantitative estimate of drug-likeness (QED) is 0.411. The summed E-state index contributed by atoms with van der Waals surface area (Å²) in [6.45, 7) is 5.43. The molecular weight excluding hydrogens is 344 g/mol. The fourth-order valence-corrected chi connectivity index (χ4v) is 2.42. The minimum Gasteiger partial charge on any atom is -0.491 e. The van der Waals surface area contributed by atoms with Crippen LogP contribution < -0.4 is 9.47 Å². The smallest absolute Gasteiger partial charge is 0.162 e. The third kappa shape index (κ3) is 6.87. The molecule has 0 saturated carbocycles. The van der Waals surface area contributed by atoms with Gasteiger partial charge in [-0.3, -0.25) is 9.59 Å². The predicted molar refractivity (Wildman–Crippen MR) is 104 cm³/mol. The van der Waals surface area contributed by atoms with Crippen LogP contribution in [0.5, 0.6) is 11.5 Å². The van der Waals surface area contributed by atoms with Gasteiger partial charge in [0, 0.05) is 24.0 Å². The Bertz CT molecular complexity index is 656. The monoisotopic (exact) mass is 370 g/mol. The van der Waals surface area contributed by atoms with E-state index < -0.39 is 0 Å². The van der Waals surface area contributed by atoms with Crippen LogP contribution in [0, 0.1) is 0 Å². The zero-order valence-electron chi connectivity index (χ0n) is 15.9. The van der Waals surface area contributed by atoms with Gasteiger partial charge < -0.3 is 14.2 Å². The van der Waals surface area contributed by atoms with Crippen molar-refractivity contribution >= 4 is 11.6 Å². The fourth-order valence-electron chi connectivity index (χ4n) is 2.42. The van der Waals surface area contributed by atoms with E-state index in [1.807, 2.05) is 13.8 Å². The minimum absolute atomic E-state index is 0.122. The molecule has 0 radical (unpaired) electrons. The van der Waals surface area contributed by atoms with Crippen LogP contribution in [0.15, 0.2) is 48.5 Å². The van der Waals surface area contributed by atoms with Crippen LogP contribution in [-0.4, -0.2) is 38.0 Å². The van der Waals surface area contributed by atoms with Crippen molar-refractivity contribution in [1.29, 1.82) is 0 Å². The van der Waals surface area contributed by atoms with E-state index >= 15 is 0 Å². The Balaban J connectivity index is 1.58. The lowest BCUT2D eigenvalue weighted by atomic mass is 10.1. The van der Waals surface area contributed by atoms with Gasteiger partial charge in [-0.15, -0.1) is 0 Å². The molecule has 0 spiro atoms. The van der Waals surface area contributed by atoms with E-state index in [0.29, 0.717) is 61.9 Å². The van der Waals surface area contributed by atoms with Crippen molar-refractivity contribution in [2.45, 2.75) is 26.7 Å². The molecule has 0 aliphatic rings. The first-order chi connectivity index (χ1) is 13.1. The topological polar surface area (TPSA) is 61.8 Å². The first-order valence-electron chi connectivity index (χ1n) is 9.24. The number of hydrogen-bond donors (Lipinski definition) is 0. The van der Waals surface area contributed by atoms with Gasteiger partial charge in [0.2, 0.25) is 0 Å². The van der Waals surface area contributed by atoms with Crippen LogP contribution in [0.3, 0.4) is 0 Å². The van der Waals surface area contributed by atoms with E-state index in [2.05, 4.69) is 0 Å². The summed E-state index contributed by atoms with van der Waals surface area (Å²) in [6.07, 6.45) is 0.994. The number of ether oxygens (including phenoxy) is 3. The van der Waals surface area contributed by atoms with E-state index in [-0.39, 0.29) is 11.6 Å². The molecule has 0 heterocycles. The summed E-state index contributed by atoms with van der Waals surface area (Å²) >= 11 is 0. The van der Waals surface area contributed by atoms with Gasteiger partial charge in [-0.2, -0.15) is 0 Å². The summed E-state index contributed by atoms with van der Waals surface area (Å²) < 4.78 is 16.6. The summed E-state index contributed by atoms with van der Waals surface area (Å²) in [4.78, 5) is 23.1. The summed E-state index contributed by atoms with van der Waals surface area (Å²) in [5.74, 6) is 1.67. The lowest BCUT2D eigenvalue weighted by Gasteiger charge is -2.09. The highest BCUT2D eigenvalue weighted by Crippen LogP contribution is 2.14. The second-order valence-electron chi connectivity index (χ2n) is 5.91. The van der Waals surface area contributed by atoms with Crippen LogP contribution in [0.25, 0.3) is 0 Å². The number of carbonyl (C=O) groups is 2. The van der Waals surface area contributed by atoms with Crippen LogP contribution >= 0.6 is 0 Å². The number of ketones is 2. The summed E-state index contributed by atoms with van der Waals surface area (Å²) in [5.41, 5.74) is 1.40. The van der Waals surface area contributed by atoms with E-state index in [1.165, 1.54) is 0 Å². The molecule has 0 unspecified atom stereocenters. The lowest BCUT2D eigenvalue weighted by molar-refractivity contribution is 0.0764. The SMILES string of the molecule is CCC(=O)c1ccc(OCCOCCOc2ccc(C(=O)CC)cc2)cc1. The number of hydrogen-bond acceptors (Lipinski definition) is 5. The molecule has 2 rings (SSSR count). The Labute approximate surface area is 160 Å². The lowest BCUT2D eigenvalue weighted by Crippen LogP contribution is -2.12. The third-order valence-electron chi connectivity index (χ3n) is 3.99. The molecule has 2 aromatic rings. The van der Waals surface area contributed by atoms with Crippen LogP contribution in [-0.2, 0) is 4.74 Å². The van der Waals surface area contributed by atoms with E-state index in [9.17, 15) is 9.59 Å². The van der Waals surface area contributed by atoms with Gasteiger partial charge in [0.1, 0.15) is 24.7 Å². The van der Waals surface area contributed by atoms with Crippen molar-refractivity contribution < 1.29 is 23.8 Å². The zero-order valence-corrected chi connectivity index (χ0v) is 15.9. The molecule has 2 aromatic carbocycles. The van der Waals surface area contributed by atoms with Gasteiger partial charge in [-0.1, -0.05) is 13.8 Å². The molecule has 5 nitrogen and oxygen atoms in total. The van der Waals surface area contributed by atoms with E-state index in [1.54, 1.807) is 48.5 Å². The number of benzene rings is 2. The molecule has 27 heavy (non-hydrogen) atoms. The van der Waals surface area contributed by atoms with Gasteiger partial charge in [0.15, 0.2) is 11.6 Å². The number of carbonyl (C=O) groups excluding carboxylic acids is 2. The molecule has 144 valence electrons. The van der Waals surface area contributed by atoms with Crippen LogP contribution in [0.2, 0.25) is 0 Å². The molecule has 0 aromatic heterocycles.